The summed E-state index contributed by atoms with van der Waals surface area (Å²) in [6.45, 7) is 3.96. The lowest BCUT2D eigenvalue weighted by molar-refractivity contribution is -0.210. The fraction of sp³-hybridized carbons (Fsp3) is 0.231. The molecule has 10 nitrogen and oxygen atoms in total. The Labute approximate surface area is 362 Å². The van der Waals surface area contributed by atoms with E-state index in [1.54, 1.807) is 0 Å². The monoisotopic (exact) mass is 834 g/mol. The molecule has 4 atom stereocenters. The maximum Gasteiger partial charge on any atom is 0.303 e. The average Bonchev–Trinajstić information content (AvgIpc) is 3.29. The number of carbonyl (C=O) groups excluding carboxylic acids is 4. The maximum absolute atomic E-state index is 13.1. The first-order valence-electron chi connectivity index (χ1n) is 20.3. The third-order valence-electron chi connectivity index (χ3n) is 10.3. The Morgan fingerprint density at radius 1 is 0.339 bits per heavy atom. The minimum atomic E-state index is -1.59. The molecular formula is C52H50O10. The highest BCUT2D eigenvalue weighted by atomic mass is 16.6. The highest BCUT2D eigenvalue weighted by molar-refractivity contribution is 5.69. The minimum Gasteiger partial charge on any atom is -0.456 e. The number of benzene rings is 6. The van der Waals surface area contributed by atoms with Gasteiger partial charge in [0.1, 0.15) is 11.2 Å². The Bertz CT molecular complexity index is 1980. The highest BCUT2D eigenvalue weighted by Crippen LogP contribution is 2.43. The molecule has 0 heterocycles. The van der Waals surface area contributed by atoms with Crippen LogP contribution in [0.4, 0.5) is 0 Å². The van der Waals surface area contributed by atoms with Gasteiger partial charge in [0.2, 0.25) is 0 Å². The third-order valence-corrected chi connectivity index (χ3v) is 10.3. The predicted octanol–water partition coefficient (Wildman–Crippen LogP) is 8.73. The van der Waals surface area contributed by atoms with Gasteiger partial charge < -0.3 is 28.4 Å². The van der Waals surface area contributed by atoms with Crippen molar-refractivity contribution >= 4 is 23.9 Å². The van der Waals surface area contributed by atoms with E-state index < -0.39 is 72.7 Å². The van der Waals surface area contributed by atoms with E-state index in [-0.39, 0.29) is 0 Å². The second-order valence-electron chi connectivity index (χ2n) is 14.6. The lowest BCUT2D eigenvalue weighted by Crippen LogP contribution is -2.55. The van der Waals surface area contributed by atoms with Crippen molar-refractivity contribution in [3.63, 3.8) is 0 Å². The summed E-state index contributed by atoms with van der Waals surface area (Å²) in [5.41, 5.74) is 1.94. The molecule has 0 N–H and O–H groups in total. The molecule has 0 amide bonds. The number of hydrogen-bond acceptors (Lipinski definition) is 10. The first kappa shape index (κ1) is 44.7. The largest absolute Gasteiger partial charge is 0.456 e. The minimum absolute atomic E-state index is 0.399. The van der Waals surface area contributed by atoms with Crippen LogP contribution in [0.15, 0.2) is 182 Å². The summed E-state index contributed by atoms with van der Waals surface area (Å²) < 4.78 is 38.1. The van der Waals surface area contributed by atoms with Gasteiger partial charge in [0.15, 0.2) is 24.4 Å². The van der Waals surface area contributed by atoms with Crippen LogP contribution in [0.5, 0.6) is 0 Å². The Kier molecular flexibility index (Phi) is 15.2. The maximum atomic E-state index is 13.1. The van der Waals surface area contributed by atoms with Gasteiger partial charge in [-0.3, -0.25) is 19.2 Å². The standard InChI is InChI=1S/C52H50O10/c1-37(53)59-47(35-57-51(41-23-11-5-12-24-41,42-25-13-6-14-26-42)43-27-15-7-16-28-43)49(61-39(3)55)50(62-40(4)56)48(60-38(2)54)36-58-52(44-29-17-8-18-30-44,45-31-19-9-20-32-45)46-33-21-10-22-34-46/h5-34,47-50H,35-36H2,1-4H3/t47-,48+,49-,50-/m0/s1. The van der Waals surface area contributed by atoms with E-state index in [1.165, 1.54) is 27.7 Å². The molecule has 0 spiro atoms. The molecule has 10 heteroatoms. The summed E-state index contributed by atoms with van der Waals surface area (Å²) in [7, 11) is 0. The summed E-state index contributed by atoms with van der Waals surface area (Å²) in [5.74, 6) is -3.06. The van der Waals surface area contributed by atoms with Crippen molar-refractivity contribution in [2.75, 3.05) is 13.2 Å². The fourth-order valence-corrected chi connectivity index (χ4v) is 7.86. The molecule has 6 aromatic rings. The first-order valence-corrected chi connectivity index (χ1v) is 20.3. The van der Waals surface area contributed by atoms with Gasteiger partial charge in [-0.15, -0.1) is 0 Å². The number of ether oxygens (including phenoxy) is 6. The van der Waals surface area contributed by atoms with E-state index in [4.69, 9.17) is 28.4 Å². The molecule has 6 rings (SSSR count). The van der Waals surface area contributed by atoms with Crippen molar-refractivity contribution in [1.82, 2.24) is 0 Å². The molecular weight excluding hydrogens is 785 g/mol. The van der Waals surface area contributed by atoms with Gasteiger partial charge in [-0.1, -0.05) is 182 Å². The van der Waals surface area contributed by atoms with Gasteiger partial charge in [0.05, 0.1) is 13.2 Å². The van der Waals surface area contributed by atoms with Crippen LogP contribution in [0.3, 0.4) is 0 Å². The van der Waals surface area contributed by atoms with E-state index in [2.05, 4.69) is 0 Å². The zero-order chi connectivity index (χ0) is 44.0. The predicted molar refractivity (Wildman–Crippen MR) is 233 cm³/mol. The van der Waals surface area contributed by atoms with Crippen LogP contribution in [-0.2, 0) is 58.8 Å². The first-order chi connectivity index (χ1) is 30.0. The lowest BCUT2D eigenvalue weighted by Gasteiger charge is -2.41. The molecule has 0 aliphatic heterocycles. The van der Waals surface area contributed by atoms with Crippen molar-refractivity contribution < 1.29 is 47.6 Å². The third kappa shape index (κ3) is 10.5. The van der Waals surface area contributed by atoms with Gasteiger partial charge >= 0.3 is 23.9 Å². The van der Waals surface area contributed by atoms with Crippen LogP contribution in [0.1, 0.15) is 61.1 Å². The number of rotatable bonds is 19. The van der Waals surface area contributed by atoms with Crippen LogP contribution in [-0.4, -0.2) is 61.5 Å². The van der Waals surface area contributed by atoms with Crippen LogP contribution < -0.4 is 0 Å². The smallest absolute Gasteiger partial charge is 0.303 e. The molecule has 0 aliphatic rings. The molecule has 0 saturated carbocycles. The molecule has 0 radical (unpaired) electrons. The zero-order valence-electron chi connectivity index (χ0n) is 35.1. The van der Waals surface area contributed by atoms with E-state index in [9.17, 15) is 19.2 Å². The van der Waals surface area contributed by atoms with Crippen molar-refractivity contribution in [3.8, 4) is 0 Å². The Hall–Kier alpha value is -6.88. The van der Waals surface area contributed by atoms with E-state index >= 15 is 0 Å². The highest BCUT2D eigenvalue weighted by Gasteiger charge is 2.48. The molecule has 0 saturated heterocycles. The Morgan fingerprint density at radius 3 is 0.710 bits per heavy atom. The average molecular weight is 835 g/mol. The van der Waals surface area contributed by atoms with Gasteiger partial charge in [0, 0.05) is 27.7 Å². The van der Waals surface area contributed by atoms with E-state index in [0.29, 0.717) is 0 Å². The van der Waals surface area contributed by atoms with Crippen molar-refractivity contribution in [2.45, 2.75) is 63.3 Å². The number of esters is 4. The Morgan fingerprint density at radius 2 is 0.532 bits per heavy atom. The molecule has 0 bridgehead atoms. The summed E-state index contributed by atoms with van der Waals surface area (Å²) in [5, 5.41) is 0. The van der Waals surface area contributed by atoms with Crippen LogP contribution >= 0.6 is 0 Å². The van der Waals surface area contributed by atoms with Crippen LogP contribution in [0, 0.1) is 0 Å². The quantitative estimate of drug-likeness (QED) is 0.0445. The fourth-order valence-electron chi connectivity index (χ4n) is 7.86. The van der Waals surface area contributed by atoms with Crippen LogP contribution in [0.2, 0.25) is 0 Å². The van der Waals surface area contributed by atoms with E-state index in [1.807, 2.05) is 182 Å². The topological polar surface area (TPSA) is 124 Å². The van der Waals surface area contributed by atoms with Crippen LogP contribution in [0.25, 0.3) is 0 Å². The molecule has 0 aromatic heterocycles. The molecule has 0 unspecified atom stereocenters. The van der Waals surface area contributed by atoms with Gasteiger partial charge in [0.25, 0.3) is 0 Å². The number of hydrogen-bond donors (Lipinski definition) is 0. The van der Waals surface area contributed by atoms with Gasteiger partial charge in [-0.2, -0.15) is 0 Å². The van der Waals surface area contributed by atoms with Crippen molar-refractivity contribution in [3.05, 3.63) is 215 Å². The molecule has 6 aromatic carbocycles. The lowest BCUT2D eigenvalue weighted by atomic mass is 9.80. The van der Waals surface area contributed by atoms with Crippen molar-refractivity contribution in [1.29, 1.82) is 0 Å². The second-order valence-corrected chi connectivity index (χ2v) is 14.6. The van der Waals surface area contributed by atoms with Gasteiger partial charge in [-0.25, -0.2) is 0 Å². The number of carbonyl (C=O) groups is 4. The second kappa shape index (κ2) is 21.1. The van der Waals surface area contributed by atoms with Crippen molar-refractivity contribution in [2.24, 2.45) is 0 Å². The normalized spacial score (nSPS) is 13.4. The summed E-state index contributed by atoms with van der Waals surface area (Å²) >= 11 is 0. The SMILES string of the molecule is CC(=O)O[C@H]([C@@H](OC(C)=O)[C@@H](COC(c1ccccc1)(c1ccccc1)c1ccccc1)OC(C)=O)[C@H](COC(c1ccccc1)(c1ccccc1)c1ccccc1)OC(C)=O. The summed E-state index contributed by atoms with van der Waals surface area (Å²) in [6, 6.07) is 57.2. The zero-order valence-corrected chi connectivity index (χ0v) is 35.1. The molecule has 0 aliphatic carbocycles. The molecule has 318 valence electrons. The molecule has 62 heavy (non-hydrogen) atoms. The van der Waals surface area contributed by atoms with E-state index in [0.717, 1.165) is 33.4 Å². The summed E-state index contributed by atoms with van der Waals surface area (Å²) in [4.78, 5) is 52.4. The van der Waals surface area contributed by atoms with Gasteiger partial charge in [-0.05, 0) is 33.4 Å². The summed E-state index contributed by atoms with van der Waals surface area (Å²) in [6.07, 6.45) is -6.05. The molecule has 0 fully saturated rings. The Balaban J connectivity index is 1.48.